The zero-order chi connectivity index (χ0) is 14.5. The van der Waals surface area contributed by atoms with Gasteiger partial charge in [0.15, 0.2) is 0 Å². The van der Waals surface area contributed by atoms with Crippen molar-refractivity contribution in [3.63, 3.8) is 0 Å². The van der Waals surface area contributed by atoms with Crippen molar-refractivity contribution in [2.45, 2.75) is 26.8 Å². The molecule has 0 radical (unpaired) electrons. The number of carboxylic acids is 1. The van der Waals surface area contributed by atoms with Crippen LogP contribution in [0.2, 0.25) is 0 Å². The van der Waals surface area contributed by atoms with E-state index in [-0.39, 0.29) is 6.42 Å². The molecule has 106 valence electrons. The summed E-state index contributed by atoms with van der Waals surface area (Å²) in [6.45, 7) is 5.06. The first-order valence-electron chi connectivity index (χ1n) is 6.63. The Hall–Kier alpha value is -2.23. The highest BCUT2D eigenvalue weighted by atomic mass is 16.4. The lowest BCUT2D eigenvalue weighted by Crippen LogP contribution is -2.26. The van der Waals surface area contributed by atoms with Crippen molar-refractivity contribution in [2.75, 3.05) is 11.4 Å². The molecule has 0 bridgehead atoms. The first-order chi connectivity index (χ1) is 9.58. The lowest BCUT2D eigenvalue weighted by Gasteiger charge is -2.25. The number of hydrogen-bond acceptors (Lipinski definition) is 3. The van der Waals surface area contributed by atoms with Crippen LogP contribution in [0, 0.1) is 13.8 Å². The Morgan fingerprint density at radius 2 is 1.95 bits per heavy atom. The molecule has 1 aromatic heterocycles. The average molecular weight is 273 g/mol. The van der Waals surface area contributed by atoms with Gasteiger partial charge >= 0.3 is 5.97 Å². The number of para-hydroxylation sites is 1. The van der Waals surface area contributed by atoms with E-state index in [1.807, 2.05) is 44.2 Å². The van der Waals surface area contributed by atoms with Crippen LogP contribution in [-0.2, 0) is 11.3 Å². The fraction of sp³-hybridized carbons (Fsp3) is 0.312. The van der Waals surface area contributed by atoms with Gasteiger partial charge in [0, 0.05) is 12.2 Å². The van der Waals surface area contributed by atoms with Gasteiger partial charge in [-0.15, -0.1) is 0 Å². The first-order valence-corrected chi connectivity index (χ1v) is 6.63. The second kappa shape index (κ2) is 6.28. The predicted octanol–water partition coefficient (Wildman–Crippen LogP) is 3.38. The van der Waals surface area contributed by atoms with Gasteiger partial charge < -0.3 is 14.4 Å². The summed E-state index contributed by atoms with van der Waals surface area (Å²) in [5.74, 6) is 0.0818. The van der Waals surface area contributed by atoms with Gasteiger partial charge in [-0.3, -0.25) is 4.79 Å². The highest BCUT2D eigenvalue weighted by Gasteiger charge is 2.14. The highest BCUT2D eigenvalue weighted by Crippen LogP contribution is 2.23. The van der Waals surface area contributed by atoms with Crippen molar-refractivity contribution in [3.8, 4) is 0 Å². The summed E-state index contributed by atoms with van der Waals surface area (Å²) in [5.41, 5.74) is 3.26. The second-order valence-corrected chi connectivity index (χ2v) is 4.88. The zero-order valence-electron chi connectivity index (χ0n) is 11.8. The van der Waals surface area contributed by atoms with Crippen molar-refractivity contribution in [2.24, 2.45) is 0 Å². The van der Waals surface area contributed by atoms with Gasteiger partial charge in [0.05, 0.1) is 19.2 Å². The zero-order valence-corrected chi connectivity index (χ0v) is 11.8. The van der Waals surface area contributed by atoms with Gasteiger partial charge in [0.2, 0.25) is 0 Å². The molecular weight excluding hydrogens is 254 g/mol. The van der Waals surface area contributed by atoms with E-state index >= 15 is 0 Å². The number of hydrogen-bond donors (Lipinski definition) is 1. The Labute approximate surface area is 118 Å². The molecule has 0 unspecified atom stereocenters. The van der Waals surface area contributed by atoms with E-state index in [2.05, 4.69) is 4.90 Å². The van der Waals surface area contributed by atoms with Gasteiger partial charge in [-0.1, -0.05) is 18.2 Å². The Balaban J connectivity index is 2.23. The molecule has 0 atom stereocenters. The van der Waals surface area contributed by atoms with Crippen LogP contribution in [0.1, 0.15) is 23.3 Å². The lowest BCUT2D eigenvalue weighted by atomic mass is 10.1. The van der Waals surface area contributed by atoms with Crippen molar-refractivity contribution in [1.29, 1.82) is 0 Å². The van der Waals surface area contributed by atoms with Crippen LogP contribution in [0.25, 0.3) is 0 Å². The number of anilines is 1. The summed E-state index contributed by atoms with van der Waals surface area (Å²) in [6.07, 6.45) is 1.77. The van der Waals surface area contributed by atoms with Crippen LogP contribution in [0.4, 0.5) is 5.69 Å². The van der Waals surface area contributed by atoms with E-state index in [1.165, 1.54) is 0 Å². The van der Waals surface area contributed by atoms with E-state index in [0.717, 1.165) is 22.6 Å². The van der Waals surface area contributed by atoms with E-state index in [4.69, 9.17) is 9.52 Å². The van der Waals surface area contributed by atoms with Crippen LogP contribution < -0.4 is 4.90 Å². The summed E-state index contributed by atoms with van der Waals surface area (Å²) < 4.78 is 5.47. The Kier molecular flexibility index (Phi) is 4.45. The predicted molar refractivity (Wildman–Crippen MR) is 77.9 cm³/mol. The minimum atomic E-state index is -0.792. The third-order valence-corrected chi connectivity index (χ3v) is 3.35. The topological polar surface area (TPSA) is 53.7 Å². The van der Waals surface area contributed by atoms with E-state index in [0.29, 0.717) is 13.1 Å². The smallest absolute Gasteiger partial charge is 0.305 e. The molecule has 0 aliphatic rings. The van der Waals surface area contributed by atoms with Crippen LogP contribution in [-0.4, -0.2) is 17.6 Å². The van der Waals surface area contributed by atoms with Crippen molar-refractivity contribution >= 4 is 11.7 Å². The quantitative estimate of drug-likeness (QED) is 0.876. The largest absolute Gasteiger partial charge is 0.481 e. The Morgan fingerprint density at radius 1 is 1.20 bits per heavy atom. The maximum Gasteiger partial charge on any atom is 0.305 e. The van der Waals surface area contributed by atoms with Crippen molar-refractivity contribution in [3.05, 3.63) is 53.5 Å². The summed E-state index contributed by atoms with van der Waals surface area (Å²) in [7, 11) is 0. The molecule has 0 aliphatic carbocycles. The van der Waals surface area contributed by atoms with Crippen molar-refractivity contribution in [1.82, 2.24) is 0 Å². The summed E-state index contributed by atoms with van der Waals surface area (Å²) in [6, 6.07) is 9.90. The summed E-state index contributed by atoms with van der Waals surface area (Å²) >= 11 is 0. The minimum absolute atomic E-state index is 0.105. The molecule has 20 heavy (non-hydrogen) atoms. The lowest BCUT2D eigenvalue weighted by molar-refractivity contribution is -0.136. The third kappa shape index (κ3) is 3.41. The van der Waals surface area contributed by atoms with Gasteiger partial charge in [0.1, 0.15) is 5.76 Å². The molecule has 1 N–H and O–H groups in total. The standard InChI is InChI=1S/C16H19NO3/c1-12-5-3-4-6-14(12)17(9-7-16(18)19)11-15-13(2)8-10-20-15/h3-6,8,10H,7,9,11H2,1-2H3,(H,18,19). The molecule has 4 nitrogen and oxygen atoms in total. The SMILES string of the molecule is Cc1ccccc1N(CCC(=O)O)Cc1occc1C. The summed E-state index contributed by atoms with van der Waals surface area (Å²) in [5, 5.41) is 8.91. The molecule has 2 aromatic rings. The van der Waals surface area contributed by atoms with Gasteiger partial charge in [-0.05, 0) is 37.1 Å². The third-order valence-electron chi connectivity index (χ3n) is 3.35. The first kappa shape index (κ1) is 14.2. The number of nitrogens with zero attached hydrogens (tertiary/aromatic N) is 1. The number of aryl methyl sites for hydroxylation is 2. The normalized spacial score (nSPS) is 10.5. The molecule has 0 amide bonds. The molecule has 1 heterocycles. The van der Waals surface area contributed by atoms with Gasteiger partial charge in [0.25, 0.3) is 0 Å². The van der Waals surface area contributed by atoms with E-state index in [9.17, 15) is 4.79 Å². The number of furan rings is 1. The van der Waals surface area contributed by atoms with Crippen LogP contribution in [0.3, 0.4) is 0 Å². The molecule has 4 heteroatoms. The molecule has 0 saturated carbocycles. The second-order valence-electron chi connectivity index (χ2n) is 4.88. The number of rotatable bonds is 6. The van der Waals surface area contributed by atoms with Crippen LogP contribution in [0.15, 0.2) is 41.0 Å². The van der Waals surface area contributed by atoms with Crippen LogP contribution >= 0.6 is 0 Å². The van der Waals surface area contributed by atoms with E-state index < -0.39 is 5.97 Å². The minimum Gasteiger partial charge on any atom is -0.481 e. The molecule has 0 aliphatic heterocycles. The number of carboxylic acid groups (broad SMARTS) is 1. The molecule has 0 spiro atoms. The van der Waals surface area contributed by atoms with E-state index in [1.54, 1.807) is 6.26 Å². The number of benzene rings is 1. The summed E-state index contributed by atoms with van der Waals surface area (Å²) in [4.78, 5) is 12.9. The average Bonchev–Trinajstić information content (AvgIpc) is 2.81. The molecule has 1 aromatic carbocycles. The fourth-order valence-electron chi connectivity index (χ4n) is 2.17. The number of carbonyl (C=O) groups is 1. The molecule has 0 fully saturated rings. The maximum atomic E-state index is 10.8. The Morgan fingerprint density at radius 3 is 2.55 bits per heavy atom. The van der Waals surface area contributed by atoms with Crippen LogP contribution in [0.5, 0.6) is 0 Å². The van der Waals surface area contributed by atoms with Crippen molar-refractivity contribution < 1.29 is 14.3 Å². The molecule has 0 saturated heterocycles. The van der Waals surface area contributed by atoms with Gasteiger partial charge in [-0.25, -0.2) is 0 Å². The van der Waals surface area contributed by atoms with Gasteiger partial charge in [-0.2, -0.15) is 0 Å². The fourth-order valence-corrected chi connectivity index (χ4v) is 2.17. The highest BCUT2D eigenvalue weighted by molar-refractivity contribution is 5.68. The number of aliphatic carboxylic acids is 1. The molecule has 2 rings (SSSR count). The monoisotopic (exact) mass is 273 g/mol. The maximum absolute atomic E-state index is 10.8. The Bertz CT molecular complexity index is 589. The molecular formula is C16H19NO3.